The van der Waals surface area contributed by atoms with Crippen LogP contribution in [0, 0.1) is 0 Å². The van der Waals surface area contributed by atoms with Gasteiger partial charge in [0.15, 0.2) is 0 Å². The van der Waals surface area contributed by atoms with Crippen LogP contribution in [0.15, 0.2) is 24.3 Å². The second-order valence-electron chi connectivity index (χ2n) is 6.86. The van der Waals surface area contributed by atoms with Crippen molar-refractivity contribution in [2.45, 2.75) is 13.1 Å². The van der Waals surface area contributed by atoms with Crippen LogP contribution >= 0.6 is 0 Å². The minimum atomic E-state index is -0.227. The molecule has 11 nitrogen and oxygen atoms in total. The summed E-state index contributed by atoms with van der Waals surface area (Å²) in [5.41, 5.74) is 7.32. The Bertz CT molecular complexity index is 659. The molecule has 0 unspecified atom stereocenters. The van der Waals surface area contributed by atoms with Crippen molar-refractivity contribution in [1.82, 2.24) is 16.0 Å². The van der Waals surface area contributed by atoms with Gasteiger partial charge in [0, 0.05) is 26.2 Å². The van der Waals surface area contributed by atoms with Crippen LogP contribution in [-0.4, -0.2) is 90.6 Å². The summed E-state index contributed by atoms with van der Waals surface area (Å²) in [5, 5.41) is 8.45. The second-order valence-corrected chi connectivity index (χ2v) is 6.86. The number of aldehydes is 1. The fraction of sp³-hybridized carbons (Fsp3) is 0.591. The Hall–Kier alpha value is -2.41. The average Bonchev–Trinajstić information content (AvgIpc) is 2.82. The first-order chi connectivity index (χ1) is 16.2. The van der Waals surface area contributed by atoms with Gasteiger partial charge < -0.3 is 45.4 Å². The Kier molecular flexibility index (Phi) is 17.5. The van der Waals surface area contributed by atoms with E-state index in [1.54, 1.807) is 0 Å². The number of carbonyl (C=O) groups is 3. The standard InChI is InChI=1S/C22H36N4O7/c23-5-9-30-11-13-32-17-21(28)25-7-10-31-12-14-33-18-22(29)26-16-20-3-1-19(2-4-20)15-24-6-8-27/h1-4,8,24H,5-7,9-18,23H2,(H,25,28)(H,26,29). The first kappa shape index (κ1) is 28.6. The van der Waals surface area contributed by atoms with Crippen LogP contribution in [0.3, 0.4) is 0 Å². The summed E-state index contributed by atoms with van der Waals surface area (Å²) in [7, 11) is 0. The molecule has 0 heterocycles. The van der Waals surface area contributed by atoms with E-state index in [0.717, 1.165) is 17.4 Å². The molecule has 0 saturated carbocycles. The highest BCUT2D eigenvalue weighted by molar-refractivity contribution is 5.77. The van der Waals surface area contributed by atoms with Gasteiger partial charge in [0.25, 0.3) is 0 Å². The van der Waals surface area contributed by atoms with Gasteiger partial charge in [-0.1, -0.05) is 24.3 Å². The van der Waals surface area contributed by atoms with E-state index in [2.05, 4.69) is 16.0 Å². The zero-order valence-corrected chi connectivity index (χ0v) is 19.0. The Morgan fingerprint density at radius 1 is 0.758 bits per heavy atom. The molecule has 0 aliphatic heterocycles. The SMILES string of the molecule is NCCOCCOCC(=O)NCCOCCOCC(=O)NCc1ccc(CNCC=O)cc1. The number of ether oxygens (including phenoxy) is 4. The van der Waals surface area contributed by atoms with E-state index in [0.29, 0.717) is 65.8 Å². The Labute approximate surface area is 194 Å². The summed E-state index contributed by atoms with van der Waals surface area (Å²) in [6.07, 6.45) is 0.820. The third-order valence-electron chi connectivity index (χ3n) is 4.11. The maximum Gasteiger partial charge on any atom is 0.246 e. The normalized spacial score (nSPS) is 10.7. The smallest absolute Gasteiger partial charge is 0.246 e. The Morgan fingerprint density at radius 3 is 1.91 bits per heavy atom. The van der Waals surface area contributed by atoms with Gasteiger partial charge in [0.1, 0.15) is 19.5 Å². The van der Waals surface area contributed by atoms with Crippen LogP contribution in [0.1, 0.15) is 11.1 Å². The molecule has 2 amide bonds. The van der Waals surface area contributed by atoms with Crippen molar-refractivity contribution in [2.24, 2.45) is 5.73 Å². The summed E-state index contributed by atoms with van der Waals surface area (Å²) in [6.45, 7) is 4.21. The summed E-state index contributed by atoms with van der Waals surface area (Å²) in [4.78, 5) is 33.7. The van der Waals surface area contributed by atoms with E-state index in [1.807, 2.05) is 24.3 Å². The monoisotopic (exact) mass is 468 g/mol. The molecule has 5 N–H and O–H groups in total. The lowest BCUT2D eigenvalue weighted by molar-refractivity contribution is -0.127. The lowest BCUT2D eigenvalue weighted by Gasteiger charge is -2.09. The molecule has 33 heavy (non-hydrogen) atoms. The third-order valence-corrected chi connectivity index (χ3v) is 4.11. The average molecular weight is 469 g/mol. The number of nitrogens with two attached hydrogens (primary N) is 1. The fourth-order valence-corrected chi connectivity index (χ4v) is 2.47. The summed E-state index contributed by atoms with van der Waals surface area (Å²) in [6, 6.07) is 7.75. The van der Waals surface area contributed by atoms with Crippen molar-refractivity contribution in [3.05, 3.63) is 35.4 Å². The van der Waals surface area contributed by atoms with Crippen LogP contribution in [-0.2, 0) is 46.4 Å². The first-order valence-corrected chi connectivity index (χ1v) is 10.9. The molecule has 1 rings (SSSR count). The summed E-state index contributed by atoms with van der Waals surface area (Å²) >= 11 is 0. The number of nitrogens with one attached hydrogen (secondary N) is 3. The van der Waals surface area contributed by atoms with Crippen LogP contribution in [0.25, 0.3) is 0 Å². The highest BCUT2D eigenvalue weighted by atomic mass is 16.5. The topological polar surface area (TPSA) is 150 Å². The fourth-order valence-electron chi connectivity index (χ4n) is 2.47. The zero-order valence-electron chi connectivity index (χ0n) is 19.0. The third kappa shape index (κ3) is 16.8. The molecular weight excluding hydrogens is 432 g/mol. The molecule has 1 aromatic carbocycles. The molecule has 0 spiro atoms. The molecule has 11 heteroatoms. The predicted molar refractivity (Wildman–Crippen MR) is 121 cm³/mol. The number of carbonyl (C=O) groups excluding carboxylic acids is 3. The number of rotatable bonds is 21. The van der Waals surface area contributed by atoms with Gasteiger partial charge in [-0.25, -0.2) is 0 Å². The van der Waals surface area contributed by atoms with Crippen molar-refractivity contribution in [1.29, 1.82) is 0 Å². The van der Waals surface area contributed by atoms with Crippen molar-refractivity contribution in [3.63, 3.8) is 0 Å². The van der Waals surface area contributed by atoms with Gasteiger partial charge in [-0.05, 0) is 11.1 Å². The Balaban J connectivity index is 1.93. The van der Waals surface area contributed by atoms with Crippen molar-refractivity contribution >= 4 is 18.1 Å². The van der Waals surface area contributed by atoms with Crippen molar-refractivity contribution in [2.75, 3.05) is 72.5 Å². The minimum absolute atomic E-state index is 0.0348. The highest BCUT2D eigenvalue weighted by Gasteiger charge is 2.03. The maximum atomic E-state index is 11.8. The Morgan fingerprint density at radius 2 is 1.30 bits per heavy atom. The molecule has 0 saturated heterocycles. The van der Waals surface area contributed by atoms with Gasteiger partial charge in [-0.3, -0.25) is 9.59 Å². The lowest BCUT2D eigenvalue weighted by Crippen LogP contribution is -2.31. The number of hydrogen-bond donors (Lipinski definition) is 4. The molecule has 0 radical (unpaired) electrons. The van der Waals surface area contributed by atoms with Crippen molar-refractivity contribution < 1.29 is 33.3 Å². The molecule has 0 bridgehead atoms. The quantitative estimate of drug-likeness (QED) is 0.128. The predicted octanol–water partition coefficient (Wildman–Crippen LogP) is -1.27. The molecule has 0 atom stereocenters. The number of amides is 2. The zero-order chi connectivity index (χ0) is 24.0. The number of hydrogen-bond acceptors (Lipinski definition) is 9. The molecule has 0 aromatic heterocycles. The summed E-state index contributed by atoms with van der Waals surface area (Å²) in [5.74, 6) is -0.443. The van der Waals surface area contributed by atoms with Gasteiger partial charge in [-0.15, -0.1) is 0 Å². The summed E-state index contributed by atoms with van der Waals surface area (Å²) < 4.78 is 20.9. The molecule has 0 aliphatic carbocycles. The van der Waals surface area contributed by atoms with Crippen LogP contribution < -0.4 is 21.7 Å². The van der Waals surface area contributed by atoms with E-state index in [9.17, 15) is 14.4 Å². The van der Waals surface area contributed by atoms with Crippen LogP contribution in [0.2, 0.25) is 0 Å². The van der Waals surface area contributed by atoms with Gasteiger partial charge in [0.2, 0.25) is 11.8 Å². The van der Waals surface area contributed by atoms with Crippen LogP contribution in [0.4, 0.5) is 0 Å². The molecule has 0 fully saturated rings. The second kappa shape index (κ2) is 20.2. The van der Waals surface area contributed by atoms with Crippen LogP contribution in [0.5, 0.6) is 0 Å². The van der Waals surface area contributed by atoms with Gasteiger partial charge >= 0.3 is 0 Å². The first-order valence-electron chi connectivity index (χ1n) is 10.9. The van der Waals surface area contributed by atoms with E-state index >= 15 is 0 Å². The van der Waals surface area contributed by atoms with Gasteiger partial charge in [-0.2, -0.15) is 0 Å². The van der Waals surface area contributed by atoms with E-state index < -0.39 is 0 Å². The number of benzene rings is 1. The minimum Gasteiger partial charge on any atom is -0.378 e. The van der Waals surface area contributed by atoms with E-state index in [1.165, 1.54) is 0 Å². The van der Waals surface area contributed by atoms with E-state index in [4.69, 9.17) is 24.7 Å². The van der Waals surface area contributed by atoms with Crippen molar-refractivity contribution in [3.8, 4) is 0 Å². The molecule has 186 valence electrons. The highest BCUT2D eigenvalue weighted by Crippen LogP contribution is 2.04. The molecule has 0 aliphatic rings. The van der Waals surface area contributed by atoms with E-state index in [-0.39, 0.29) is 31.6 Å². The maximum absolute atomic E-state index is 11.8. The lowest BCUT2D eigenvalue weighted by atomic mass is 10.1. The largest absolute Gasteiger partial charge is 0.378 e. The van der Waals surface area contributed by atoms with Gasteiger partial charge in [0.05, 0.1) is 46.2 Å². The molecule has 1 aromatic rings. The molecular formula is C22H36N4O7.